The lowest BCUT2D eigenvalue weighted by atomic mass is 9.93. The topological polar surface area (TPSA) is 87.9 Å². The van der Waals surface area contributed by atoms with E-state index in [1.165, 1.54) is 6.07 Å². The van der Waals surface area contributed by atoms with Crippen molar-refractivity contribution in [3.8, 4) is 0 Å². The Morgan fingerprint density at radius 1 is 1.19 bits per heavy atom. The second-order valence-electron chi connectivity index (χ2n) is 7.10. The first-order valence-electron chi connectivity index (χ1n) is 9.17. The summed E-state index contributed by atoms with van der Waals surface area (Å²) in [5.41, 5.74) is 2.51. The summed E-state index contributed by atoms with van der Waals surface area (Å²) in [6, 6.07) is 5.20. The number of aryl methyl sites for hydroxylation is 2. The van der Waals surface area contributed by atoms with Gasteiger partial charge in [-0.2, -0.15) is 4.98 Å². The Bertz CT molecular complexity index is 944. The molecule has 3 aromatic rings. The lowest BCUT2D eigenvalue weighted by Crippen LogP contribution is -2.28. The van der Waals surface area contributed by atoms with E-state index in [1.807, 2.05) is 20.0 Å². The van der Waals surface area contributed by atoms with Gasteiger partial charge in [-0.1, -0.05) is 12.1 Å². The van der Waals surface area contributed by atoms with Crippen LogP contribution in [0.1, 0.15) is 31.2 Å². The minimum Gasteiger partial charge on any atom is -0.393 e. The van der Waals surface area contributed by atoms with Crippen molar-refractivity contribution in [3.63, 3.8) is 0 Å². The minimum atomic E-state index is -0.324. The maximum absolute atomic E-state index is 14.1. The maximum Gasteiger partial charge on any atom is 0.224 e. The van der Waals surface area contributed by atoms with E-state index in [9.17, 15) is 9.50 Å². The summed E-state index contributed by atoms with van der Waals surface area (Å²) in [5.74, 6) is 0.723. The summed E-state index contributed by atoms with van der Waals surface area (Å²) in [7, 11) is 1.83. The Morgan fingerprint density at radius 3 is 2.70 bits per heavy atom. The second kappa shape index (κ2) is 7.11. The van der Waals surface area contributed by atoms with Crippen molar-refractivity contribution in [2.45, 2.75) is 44.8 Å². The molecule has 0 radical (unpaired) electrons. The van der Waals surface area contributed by atoms with Gasteiger partial charge in [-0.15, -0.1) is 0 Å². The molecule has 0 atom stereocenters. The van der Waals surface area contributed by atoms with Gasteiger partial charge in [-0.3, -0.25) is 4.57 Å². The molecule has 1 aliphatic carbocycles. The van der Waals surface area contributed by atoms with E-state index >= 15 is 0 Å². The molecule has 27 heavy (non-hydrogen) atoms. The lowest BCUT2D eigenvalue weighted by molar-refractivity contribution is 0.126. The zero-order valence-corrected chi connectivity index (χ0v) is 15.4. The van der Waals surface area contributed by atoms with Crippen LogP contribution in [-0.4, -0.2) is 36.8 Å². The second-order valence-corrected chi connectivity index (χ2v) is 7.10. The fraction of sp³-hybridized carbons (Fsp3) is 0.421. The molecule has 0 aliphatic heterocycles. The van der Waals surface area contributed by atoms with Crippen molar-refractivity contribution in [1.29, 1.82) is 0 Å². The van der Waals surface area contributed by atoms with Crippen LogP contribution in [0.15, 0.2) is 24.4 Å². The number of hydrogen-bond donors (Lipinski definition) is 3. The van der Waals surface area contributed by atoms with Gasteiger partial charge >= 0.3 is 0 Å². The lowest BCUT2D eigenvalue weighted by Gasteiger charge is -2.26. The third-order valence-corrected chi connectivity index (χ3v) is 5.10. The number of aliphatic hydroxyl groups excluding tert-OH is 1. The summed E-state index contributed by atoms with van der Waals surface area (Å²) < 4.78 is 15.9. The molecule has 2 aromatic heterocycles. The first-order chi connectivity index (χ1) is 13.0. The van der Waals surface area contributed by atoms with Crippen LogP contribution < -0.4 is 10.6 Å². The molecule has 7 nitrogen and oxygen atoms in total. The van der Waals surface area contributed by atoms with E-state index < -0.39 is 0 Å². The Morgan fingerprint density at radius 2 is 1.96 bits per heavy atom. The van der Waals surface area contributed by atoms with Crippen LogP contribution in [0.4, 0.5) is 22.0 Å². The van der Waals surface area contributed by atoms with Crippen molar-refractivity contribution in [2.75, 3.05) is 10.6 Å². The van der Waals surface area contributed by atoms with E-state index in [-0.39, 0.29) is 18.0 Å². The molecular weight excluding hydrogens is 347 g/mol. The van der Waals surface area contributed by atoms with E-state index in [0.717, 1.165) is 31.2 Å². The molecule has 142 valence electrons. The fourth-order valence-electron chi connectivity index (χ4n) is 3.47. The Labute approximate surface area is 156 Å². The molecule has 4 rings (SSSR count). The molecule has 0 saturated heterocycles. The number of rotatable bonds is 4. The van der Waals surface area contributed by atoms with Gasteiger partial charge in [0.25, 0.3) is 0 Å². The highest BCUT2D eigenvalue weighted by Crippen LogP contribution is 2.26. The highest BCUT2D eigenvalue weighted by Gasteiger charge is 2.20. The number of hydrogen-bond acceptors (Lipinski definition) is 6. The number of aromatic nitrogens is 4. The number of benzene rings is 1. The number of fused-ring (bicyclic) bond motifs is 1. The van der Waals surface area contributed by atoms with Crippen molar-refractivity contribution < 1.29 is 9.50 Å². The average molecular weight is 370 g/mol. The molecule has 0 spiro atoms. The number of halogens is 1. The van der Waals surface area contributed by atoms with E-state index in [4.69, 9.17) is 0 Å². The summed E-state index contributed by atoms with van der Waals surface area (Å²) in [6.07, 6.45) is 4.85. The smallest absolute Gasteiger partial charge is 0.224 e. The van der Waals surface area contributed by atoms with Gasteiger partial charge in [0.15, 0.2) is 5.65 Å². The van der Waals surface area contributed by atoms with Crippen LogP contribution in [0.5, 0.6) is 0 Å². The van der Waals surface area contributed by atoms with Gasteiger partial charge in [-0.05, 0) is 44.2 Å². The van der Waals surface area contributed by atoms with E-state index in [2.05, 4.69) is 25.6 Å². The van der Waals surface area contributed by atoms with Gasteiger partial charge < -0.3 is 15.7 Å². The van der Waals surface area contributed by atoms with Crippen molar-refractivity contribution in [3.05, 3.63) is 35.8 Å². The molecule has 1 saturated carbocycles. The molecule has 1 aliphatic rings. The van der Waals surface area contributed by atoms with Gasteiger partial charge in [-0.25, -0.2) is 14.4 Å². The Balaban J connectivity index is 1.58. The number of nitrogens with one attached hydrogen (secondary N) is 2. The molecule has 0 unspecified atom stereocenters. The number of anilines is 3. The number of imidazole rings is 1. The zero-order valence-electron chi connectivity index (χ0n) is 15.4. The molecule has 0 amide bonds. The van der Waals surface area contributed by atoms with Gasteiger partial charge in [0.2, 0.25) is 11.9 Å². The SMILES string of the molecule is Cc1cccc(F)c1Nc1nc2cnc(NC3CCC(O)CC3)nc2n1C. The van der Waals surface area contributed by atoms with Crippen LogP contribution in [0.3, 0.4) is 0 Å². The first kappa shape index (κ1) is 17.7. The quantitative estimate of drug-likeness (QED) is 0.653. The molecule has 3 N–H and O–H groups in total. The van der Waals surface area contributed by atoms with Gasteiger partial charge in [0, 0.05) is 13.1 Å². The van der Waals surface area contributed by atoms with Crippen LogP contribution >= 0.6 is 0 Å². The number of nitrogens with zero attached hydrogens (tertiary/aromatic N) is 4. The van der Waals surface area contributed by atoms with Crippen molar-refractivity contribution in [2.24, 2.45) is 7.05 Å². The van der Waals surface area contributed by atoms with Crippen molar-refractivity contribution in [1.82, 2.24) is 19.5 Å². The highest BCUT2D eigenvalue weighted by molar-refractivity contribution is 5.76. The summed E-state index contributed by atoms with van der Waals surface area (Å²) in [6.45, 7) is 1.84. The summed E-state index contributed by atoms with van der Waals surface area (Å²) in [5, 5.41) is 16.0. The Hall–Kier alpha value is -2.74. The summed E-state index contributed by atoms with van der Waals surface area (Å²) in [4.78, 5) is 13.4. The monoisotopic (exact) mass is 370 g/mol. The Kier molecular flexibility index (Phi) is 4.65. The normalized spacial score (nSPS) is 20.0. The highest BCUT2D eigenvalue weighted by atomic mass is 19.1. The number of aliphatic hydroxyl groups is 1. The molecule has 1 fully saturated rings. The van der Waals surface area contributed by atoms with Crippen LogP contribution in [0.25, 0.3) is 11.2 Å². The third-order valence-electron chi connectivity index (χ3n) is 5.10. The van der Waals surface area contributed by atoms with Crippen LogP contribution in [0.2, 0.25) is 0 Å². The largest absolute Gasteiger partial charge is 0.393 e. The third kappa shape index (κ3) is 3.57. The van der Waals surface area contributed by atoms with Crippen LogP contribution in [0, 0.1) is 12.7 Å². The molecular formula is C19H23FN6O. The van der Waals surface area contributed by atoms with Gasteiger partial charge in [0.1, 0.15) is 11.3 Å². The predicted octanol–water partition coefficient (Wildman–Crippen LogP) is 3.27. The predicted molar refractivity (Wildman–Crippen MR) is 103 cm³/mol. The van der Waals surface area contributed by atoms with Crippen LogP contribution in [-0.2, 0) is 7.05 Å². The van der Waals surface area contributed by atoms with Crippen molar-refractivity contribution >= 4 is 28.7 Å². The fourth-order valence-corrected chi connectivity index (χ4v) is 3.47. The molecule has 1 aromatic carbocycles. The maximum atomic E-state index is 14.1. The minimum absolute atomic E-state index is 0.195. The first-order valence-corrected chi connectivity index (χ1v) is 9.17. The molecule has 2 heterocycles. The zero-order chi connectivity index (χ0) is 19.0. The molecule has 8 heteroatoms. The van der Waals surface area contributed by atoms with Gasteiger partial charge in [0.05, 0.1) is 18.0 Å². The molecule has 0 bridgehead atoms. The summed E-state index contributed by atoms with van der Waals surface area (Å²) >= 11 is 0. The van der Waals surface area contributed by atoms with E-state index in [0.29, 0.717) is 28.7 Å². The standard InChI is InChI=1S/C19H23FN6O/c1-11-4-3-5-14(20)16(11)24-19-23-15-10-21-18(25-17(15)26(19)2)22-12-6-8-13(27)9-7-12/h3-5,10,12-13,27H,6-9H2,1-2H3,(H,23,24)(H,21,22,25). The van der Waals surface area contributed by atoms with E-state index in [1.54, 1.807) is 16.8 Å². The average Bonchev–Trinajstić information content (AvgIpc) is 2.96. The number of para-hydroxylation sites is 1.